The summed E-state index contributed by atoms with van der Waals surface area (Å²) in [5.74, 6) is 1.03. The highest BCUT2D eigenvalue weighted by Gasteiger charge is 2.29. The number of hydrogen-bond acceptors (Lipinski definition) is 5. The van der Waals surface area contributed by atoms with Crippen molar-refractivity contribution in [2.24, 2.45) is 0 Å². The molecule has 7 nitrogen and oxygen atoms in total. The molecule has 28 heavy (non-hydrogen) atoms. The quantitative estimate of drug-likeness (QED) is 0.580. The molecule has 7 heteroatoms. The zero-order valence-electron chi connectivity index (χ0n) is 17.0. The molecule has 3 rings (SSSR count). The van der Waals surface area contributed by atoms with Crippen LogP contribution in [0.5, 0.6) is 11.5 Å². The van der Waals surface area contributed by atoms with E-state index in [-0.39, 0.29) is 11.8 Å². The molecule has 0 aliphatic carbocycles. The lowest BCUT2D eigenvalue weighted by Crippen LogP contribution is -3.12. The second-order valence-corrected chi connectivity index (χ2v) is 7.20. The van der Waals surface area contributed by atoms with E-state index in [1.807, 2.05) is 32.2 Å². The molecule has 1 aromatic heterocycles. The molecule has 2 N–H and O–H groups in total. The SMILES string of the molecule is COC(=O)c1c(C)[nH]c(C(=O)[C@H](C)[NH+](C)Cc2ccc3c(c2)OCCO3)c1C. The Morgan fingerprint density at radius 2 is 1.89 bits per heavy atom. The van der Waals surface area contributed by atoms with Crippen LogP contribution in [0.15, 0.2) is 18.2 Å². The number of esters is 1. The Bertz CT molecular complexity index is 902. The third-order valence-electron chi connectivity index (χ3n) is 5.30. The Balaban J connectivity index is 1.75. The fraction of sp³-hybridized carbons (Fsp3) is 0.429. The van der Waals surface area contributed by atoms with E-state index >= 15 is 0 Å². The number of aromatic nitrogens is 1. The first-order valence-corrected chi connectivity index (χ1v) is 9.36. The van der Waals surface area contributed by atoms with Gasteiger partial charge in [-0.2, -0.15) is 0 Å². The summed E-state index contributed by atoms with van der Waals surface area (Å²) >= 11 is 0. The number of likely N-dealkylation sites (N-methyl/N-ethyl adjacent to an activating group) is 1. The number of H-pyrrole nitrogens is 1. The van der Waals surface area contributed by atoms with Gasteiger partial charge in [0, 0.05) is 11.3 Å². The summed E-state index contributed by atoms with van der Waals surface area (Å²) in [6.07, 6.45) is 0. The predicted octanol–water partition coefficient (Wildman–Crippen LogP) is 1.48. The summed E-state index contributed by atoms with van der Waals surface area (Å²) in [5, 5.41) is 0. The Morgan fingerprint density at radius 3 is 2.57 bits per heavy atom. The number of aromatic amines is 1. The second kappa shape index (κ2) is 8.06. The minimum absolute atomic E-state index is 0.0363. The number of ketones is 1. The number of nitrogens with one attached hydrogen (secondary N) is 2. The minimum atomic E-state index is -0.435. The maximum atomic E-state index is 13.1. The van der Waals surface area contributed by atoms with Crippen LogP contribution < -0.4 is 14.4 Å². The van der Waals surface area contributed by atoms with E-state index < -0.39 is 5.97 Å². The largest absolute Gasteiger partial charge is 0.486 e. The first-order chi connectivity index (χ1) is 13.3. The number of Topliss-reactive ketones (excluding diaryl/α,β-unsaturated/α-hetero) is 1. The van der Waals surface area contributed by atoms with E-state index in [4.69, 9.17) is 14.2 Å². The van der Waals surface area contributed by atoms with Gasteiger partial charge in [0.25, 0.3) is 0 Å². The number of hydrogen-bond donors (Lipinski definition) is 2. The number of fused-ring (bicyclic) bond motifs is 1. The number of aryl methyl sites for hydroxylation is 1. The molecule has 0 radical (unpaired) electrons. The van der Waals surface area contributed by atoms with E-state index in [1.165, 1.54) is 7.11 Å². The number of quaternary nitrogens is 1. The summed E-state index contributed by atoms with van der Waals surface area (Å²) in [5.41, 5.74) is 3.24. The van der Waals surface area contributed by atoms with Crippen LogP contribution in [-0.2, 0) is 11.3 Å². The van der Waals surface area contributed by atoms with Crippen LogP contribution in [-0.4, -0.2) is 50.1 Å². The highest BCUT2D eigenvalue weighted by atomic mass is 16.6. The second-order valence-electron chi connectivity index (χ2n) is 7.20. The van der Waals surface area contributed by atoms with Crippen molar-refractivity contribution >= 4 is 11.8 Å². The highest BCUT2D eigenvalue weighted by Crippen LogP contribution is 2.30. The average Bonchev–Trinajstić information content (AvgIpc) is 3.00. The maximum absolute atomic E-state index is 13.1. The van der Waals surface area contributed by atoms with Crippen molar-refractivity contribution in [2.75, 3.05) is 27.4 Å². The van der Waals surface area contributed by atoms with Crippen LogP contribution >= 0.6 is 0 Å². The van der Waals surface area contributed by atoms with Crippen LogP contribution in [0.25, 0.3) is 0 Å². The van der Waals surface area contributed by atoms with Crippen molar-refractivity contribution < 1.29 is 28.7 Å². The van der Waals surface area contributed by atoms with Crippen molar-refractivity contribution in [3.63, 3.8) is 0 Å². The van der Waals surface area contributed by atoms with Gasteiger partial charge in [-0.25, -0.2) is 4.79 Å². The number of carbonyl (C=O) groups excluding carboxylic acids is 2. The molecule has 1 aromatic carbocycles. The van der Waals surface area contributed by atoms with Crippen LogP contribution in [0.2, 0.25) is 0 Å². The van der Waals surface area contributed by atoms with Gasteiger partial charge in [-0.3, -0.25) is 4.79 Å². The molecule has 2 atom stereocenters. The molecule has 0 spiro atoms. The predicted molar refractivity (Wildman–Crippen MR) is 103 cm³/mol. The smallest absolute Gasteiger partial charge is 0.339 e. The molecular weight excluding hydrogens is 360 g/mol. The Kier molecular flexibility index (Phi) is 5.74. The van der Waals surface area contributed by atoms with Crippen molar-refractivity contribution in [2.45, 2.75) is 33.4 Å². The molecule has 0 amide bonds. The zero-order valence-corrected chi connectivity index (χ0v) is 17.0. The van der Waals surface area contributed by atoms with Gasteiger partial charge in [-0.1, -0.05) is 0 Å². The molecule has 1 aliphatic heterocycles. The average molecular weight is 387 g/mol. The Hall–Kier alpha value is -2.80. The van der Waals surface area contributed by atoms with Gasteiger partial charge in [0.1, 0.15) is 19.8 Å². The molecule has 0 bridgehead atoms. The lowest BCUT2D eigenvalue weighted by Gasteiger charge is -2.22. The molecule has 1 unspecified atom stereocenters. The molecule has 2 aromatic rings. The number of ether oxygens (including phenoxy) is 3. The van der Waals surface area contributed by atoms with E-state index in [2.05, 4.69) is 4.98 Å². The summed E-state index contributed by atoms with van der Waals surface area (Å²) in [4.78, 5) is 29.1. The van der Waals surface area contributed by atoms with Crippen molar-refractivity contribution in [1.29, 1.82) is 0 Å². The van der Waals surface area contributed by atoms with Crippen LogP contribution in [0.1, 0.15) is 44.6 Å². The number of benzene rings is 1. The van der Waals surface area contributed by atoms with Crippen LogP contribution in [0, 0.1) is 13.8 Å². The number of methoxy groups -OCH3 is 1. The van der Waals surface area contributed by atoms with Gasteiger partial charge in [-0.15, -0.1) is 0 Å². The third kappa shape index (κ3) is 3.75. The molecule has 1 aliphatic rings. The number of rotatable bonds is 6. The molecular formula is C21H27N2O5+. The molecule has 2 heterocycles. The van der Waals surface area contributed by atoms with E-state index in [0.717, 1.165) is 22.0 Å². The summed E-state index contributed by atoms with van der Waals surface area (Å²) in [7, 11) is 3.31. The van der Waals surface area contributed by atoms with Crippen LogP contribution in [0.4, 0.5) is 0 Å². The normalized spacial score (nSPS) is 15.0. The van der Waals surface area contributed by atoms with Gasteiger partial charge >= 0.3 is 5.97 Å². The summed E-state index contributed by atoms with van der Waals surface area (Å²) in [6, 6.07) is 5.57. The van der Waals surface area contributed by atoms with Gasteiger partial charge in [0.15, 0.2) is 17.5 Å². The van der Waals surface area contributed by atoms with Gasteiger partial charge in [0.2, 0.25) is 5.78 Å². The van der Waals surface area contributed by atoms with E-state index in [0.29, 0.717) is 42.3 Å². The van der Waals surface area contributed by atoms with Crippen molar-refractivity contribution in [1.82, 2.24) is 4.98 Å². The minimum Gasteiger partial charge on any atom is -0.486 e. The van der Waals surface area contributed by atoms with Crippen LogP contribution in [0.3, 0.4) is 0 Å². The molecule has 0 saturated carbocycles. The number of carbonyl (C=O) groups is 2. The molecule has 0 saturated heterocycles. The summed E-state index contributed by atoms with van der Waals surface area (Å²) < 4.78 is 16.0. The zero-order chi connectivity index (χ0) is 20.4. The fourth-order valence-electron chi connectivity index (χ4n) is 3.52. The van der Waals surface area contributed by atoms with E-state index in [1.54, 1.807) is 13.8 Å². The highest BCUT2D eigenvalue weighted by molar-refractivity contribution is 6.03. The lowest BCUT2D eigenvalue weighted by atomic mass is 10.0. The van der Waals surface area contributed by atoms with Crippen molar-refractivity contribution in [3.8, 4) is 11.5 Å². The van der Waals surface area contributed by atoms with Gasteiger partial charge in [-0.05, 0) is 44.5 Å². The fourth-order valence-corrected chi connectivity index (χ4v) is 3.52. The first-order valence-electron chi connectivity index (χ1n) is 9.36. The standard InChI is InChI=1S/C21H26N2O5/c1-12-18(21(25)26-5)13(2)22-19(12)20(24)14(3)23(4)11-15-6-7-16-17(10-15)28-9-8-27-16/h6-7,10,14,22H,8-9,11H2,1-5H3/p+1/t14-/m0/s1. The van der Waals surface area contributed by atoms with Crippen molar-refractivity contribution in [3.05, 3.63) is 46.3 Å². The molecule has 150 valence electrons. The van der Waals surface area contributed by atoms with Gasteiger partial charge < -0.3 is 24.1 Å². The monoisotopic (exact) mass is 387 g/mol. The summed E-state index contributed by atoms with van der Waals surface area (Å²) in [6.45, 7) is 7.20. The lowest BCUT2D eigenvalue weighted by molar-refractivity contribution is -0.907. The topological polar surface area (TPSA) is 82.1 Å². The third-order valence-corrected chi connectivity index (χ3v) is 5.30. The van der Waals surface area contributed by atoms with Gasteiger partial charge in [0.05, 0.1) is 25.4 Å². The first kappa shape index (κ1) is 19.9. The van der Waals surface area contributed by atoms with E-state index in [9.17, 15) is 9.59 Å². The Morgan fingerprint density at radius 1 is 1.21 bits per heavy atom. The Labute approximate surface area is 164 Å². The maximum Gasteiger partial charge on any atom is 0.339 e. The molecule has 0 fully saturated rings.